The van der Waals surface area contributed by atoms with E-state index in [0.29, 0.717) is 6.54 Å². The molecule has 1 fully saturated rings. The molecule has 0 aromatic heterocycles. The van der Waals surface area contributed by atoms with Crippen molar-refractivity contribution >= 4 is 12.1 Å². The summed E-state index contributed by atoms with van der Waals surface area (Å²) in [6.07, 6.45) is -0.450. The maximum absolute atomic E-state index is 12.4. The number of carbonyl (C=O) groups excluding carboxylic acids is 1. The van der Waals surface area contributed by atoms with Gasteiger partial charge in [-0.1, -0.05) is 45.0 Å². The molecule has 1 aliphatic rings. The lowest BCUT2D eigenvalue weighted by molar-refractivity contribution is -0.141. The van der Waals surface area contributed by atoms with E-state index in [1.165, 1.54) is 4.90 Å². The third-order valence-electron chi connectivity index (χ3n) is 4.46. The lowest BCUT2D eigenvalue weighted by atomic mass is 9.77. The second-order valence-corrected chi connectivity index (χ2v) is 8.77. The monoisotopic (exact) mass is 347 g/mol. The van der Waals surface area contributed by atoms with Gasteiger partial charge in [-0.2, -0.15) is 0 Å². The van der Waals surface area contributed by atoms with Crippen LogP contribution in [-0.4, -0.2) is 40.8 Å². The van der Waals surface area contributed by atoms with Crippen LogP contribution in [0.1, 0.15) is 58.6 Å². The summed E-state index contributed by atoms with van der Waals surface area (Å²) in [7, 11) is 0. The van der Waals surface area contributed by atoms with E-state index >= 15 is 0 Å². The maximum Gasteiger partial charge on any atom is 0.410 e. The Morgan fingerprint density at radius 1 is 1.08 bits per heavy atom. The topological polar surface area (TPSA) is 66.8 Å². The highest BCUT2D eigenvalue weighted by Crippen LogP contribution is 2.39. The standard InChI is InChI=1S/C20H29NO4/c1-19(2,3)16-10-8-7-9-13(16)14-11-21(12-15(14)17(22)23)18(24)25-20(4,5)6/h7-10,14-15H,11-12H2,1-6H3,(H,22,23)/t14-,15+/m1/s1. The minimum atomic E-state index is -0.875. The molecule has 0 saturated carbocycles. The van der Waals surface area contributed by atoms with Crippen LogP contribution in [0.3, 0.4) is 0 Å². The molecule has 138 valence electrons. The molecule has 1 aromatic rings. The average molecular weight is 347 g/mol. The number of benzene rings is 1. The van der Waals surface area contributed by atoms with Crippen LogP contribution in [0.4, 0.5) is 4.79 Å². The number of hydrogen-bond donors (Lipinski definition) is 1. The molecular formula is C20H29NO4. The van der Waals surface area contributed by atoms with Crippen molar-refractivity contribution in [3.05, 3.63) is 35.4 Å². The second kappa shape index (κ2) is 6.70. The van der Waals surface area contributed by atoms with Crippen LogP contribution in [0.15, 0.2) is 24.3 Å². The molecule has 2 atom stereocenters. The van der Waals surface area contributed by atoms with Gasteiger partial charge in [-0.15, -0.1) is 0 Å². The molecule has 0 aliphatic carbocycles. The zero-order valence-corrected chi connectivity index (χ0v) is 16.0. The van der Waals surface area contributed by atoms with Gasteiger partial charge in [0.2, 0.25) is 0 Å². The Kier molecular flexibility index (Phi) is 5.17. The van der Waals surface area contributed by atoms with Gasteiger partial charge >= 0.3 is 12.1 Å². The molecule has 0 radical (unpaired) electrons. The number of likely N-dealkylation sites (tertiary alicyclic amines) is 1. The third-order valence-corrected chi connectivity index (χ3v) is 4.46. The number of carboxylic acid groups (broad SMARTS) is 1. The van der Waals surface area contributed by atoms with Crippen LogP contribution in [0.5, 0.6) is 0 Å². The predicted molar refractivity (Wildman–Crippen MR) is 96.8 cm³/mol. The summed E-state index contributed by atoms with van der Waals surface area (Å²) in [5, 5.41) is 9.69. The number of nitrogens with zero attached hydrogens (tertiary/aromatic N) is 1. The van der Waals surface area contributed by atoms with Crippen molar-refractivity contribution in [3.8, 4) is 0 Å². The van der Waals surface area contributed by atoms with E-state index in [1.54, 1.807) is 0 Å². The molecule has 5 heteroatoms. The molecule has 0 spiro atoms. The van der Waals surface area contributed by atoms with Crippen molar-refractivity contribution < 1.29 is 19.4 Å². The Bertz CT molecular complexity index is 654. The first-order valence-corrected chi connectivity index (χ1v) is 8.70. The smallest absolute Gasteiger partial charge is 0.410 e. The largest absolute Gasteiger partial charge is 0.481 e. The Hall–Kier alpha value is -2.04. The molecule has 1 aromatic carbocycles. The fraction of sp³-hybridized carbons (Fsp3) is 0.600. The summed E-state index contributed by atoms with van der Waals surface area (Å²) in [6.45, 7) is 12.3. The van der Waals surface area contributed by atoms with Gasteiger partial charge in [0.05, 0.1) is 5.92 Å². The Morgan fingerprint density at radius 2 is 1.68 bits per heavy atom. The predicted octanol–water partition coefficient (Wildman–Crippen LogP) is 4.02. The lowest BCUT2D eigenvalue weighted by Gasteiger charge is -2.27. The number of hydrogen-bond acceptors (Lipinski definition) is 3. The van der Waals surface area contributed by atoms with Crippen molar-refractivity contribution in [2.24, 2.45) is 5.92 Å². The van der Waals surface area contributed by atoms with Crippen LogP contribution in [0.25, 0.3) is 0 Å². The summed E-state index contributed by atoms with van der Waals surface area (Å²) in [4.78, 5) is 25.7. The zero-order chi connectivity index (χ0) is 19.0. The highest BCUT2D eigenvalue weighted by molar-refractivity contribution is 5.76. The van der Waals surface area contributed by atoms with Gasteiger partial charge in [0.1, 0.15) is 5.60 Å². The molecular weight excluding hydrogens is 318 g/mol. The molecule has 0 unspecified atom stereocenters. The molecule has 1 amide bonds. The first-order chi connectivity index (χ1) is 11.4. The van der Waals surface area contributed by atoms with Crippen molar-refractivity contribution in [1.29, 1.82) is 0 Å². The van der Waals surface area contributed by atoms with Crippen molar-refractivity contribution in [3.63, 3.8) is 0 Å². The third kappa shape index (κ3) is 4.53. The number of carbonyl (C=O) groups is 2. The molecule has 25 heavy (non-hydrogen) atoms. The minimum absolute atomic E-state index is 0.0982. The Morgan fingerprint density at radius 3 is 2.20 bits per heavy atom. The van der Waals surface area contributed by atoms with Gasteiger partial charge in [0.15, 0.2) is 0 Å². The van der Waals surface area contributed by atoms with E-state index in [-0.39, 0.29) is 17.9 Å². The van der Waals surface area contributed by atoms with Crippen molar-refractivity contribution in [1.82, 2.24) is 4.90 Å². The van der Waals surface area contributed by atoms with Gasteiger partial charge in [-0.05, 0) is 37.3 Å². The van der Waals surface area contributed by atoms with Crippen molar-refractivity contribution in [2.45, 2.75) is 58.5 Å². The molecule has 1 aliphatic heterocycles. The molecule has 1 saturated heterocycles. The van der Waals surface area contributed by atoms with Gasteiger partial charge in [-0.25, -0.2) is 4.79 Å². The van der Waals surface area contributed by atoms with Crippen LogP contribution in [0.2, 0.25) is 0 Å². The quantitative estimate of drug-likeness (QED) is 0.877. The molecule has 1 heterocycles. The first-order valence-electron chi connectivity index (χ1n) is 8.70. The van der Waals surface area contributed by atoms with E-state index in [9.17, 15) is 14.7 Å². The van der Waals surface area contributed by atoms with Crippen LogP contribution in [0, 0.1) is 5.92 Å². The number of carboxylic acids is 1. The first kappa shape index (κ1) is 19.3. The highest BCUT2D eigenvalue weighted by Gasteiger charge is 2.43. The fourth-order valence-corrected chi connectivity index (χ4v) is 3.35. The Balaban J connectivity index is 2.34. The molecule has 0 bridgehead atoms. The highest BCUT2D eigenvalue weighted by atomic mass is 16.6. The maximum atomic E-state index is 12.4. The van der Waals surface area contributed by atoms with E-state index in [1.807, 2.05) is 45.0 Å². The van der Waals surface area contributed by atoms with Gasteiger partial charge in [0.25, 0.3) is 0 Å². The number of amides is 1. The Labute approximate surface area is 150 Å². The average Bonchev–Trinajstić information content (AvgIpc) is 2.90. The summed E-state index contributed by atoms with van der Waals surface area (Å²) in [6, 6.07) is 7.93. The summed E-state index contributed by atoms with van der Waals surface area (Å²) in [5.74, 6) is -1.74. The number of rotatable bonds is 2. The van der Waals surface area contributed by atoms with Gasteiger partial charge in [0, 0.05) is 19.0 Å². The molecule has 2 rings (SSSR count). The van der Waals surface area contributed by atoms with E-state index in [2.05, 4.69) is 20.8 Å². The normalized spacial score (nSPS) is 21.3. The van der Waals surface area contributed by atoms with E-state index in [0.717, 1.165) is 11.1 Å². The van der Waals surface area contributed by atoms with E-state index in [4.69, 9.17) is 4.74 Å². The number of ether oxygens (including phenoxy) is 1. The SMILES string of the molecule is CC(C)(C)OC(=O)N1C[C@H](C(=O)O)[C@@H](c2ccccc2C(C)(C)C)C1. The summed E-state index contributed by atoms with van der Waals surface area (Å²) < 4.78 is 5.43. The summed E-state index contributed by atoms with van der Waals surface area (Å²) >= 11 is 0. The van der Waals surface area contributed by atoms with Gasteiger partial charge in [-0.3, -0.25) is 4.79 Å². The second-order valence-electron chi connectivity index (χ2n) is 8.77. The van der Waals surface area contributed by atoms with Crippen molar-refractivity contribution in [2.75, 3.05) is 13.1 Å². The fourth-order valence-electron chi connectivity index (χ4n) is 3.35. The molecule has 5 nitrogen and oxygen atoms in total. The van der Waals surface area contributed by atoms with Gasteiger partial charge < -0.3 is 14.7 Å². The lowest BCUT2D eigenvalue weighted by Crippen LogP contribution is -2.35. The van der Waals surface area contributed by atoms with Crippen LogP contribution >= 0.6 is 0 Å². The summed E-state index contributed by atoms with van der Waals surface area (Å²) in [5.41, 5.74) is 1.43. The van der Waals surface area contributed by atoms with E-state index < -0.39 is 23.6 Å². The zero-order valence-electron chi connectivity index (χ0n) is 16.0. The number of aliphatic carboxylic acids is 1. The van der Waals surface area contributed by atoms with Crippen LogP contribution in [-0.2, 0) is 14.9 Å². The minimum Gasteiger partial charge on any atom is -0.481 e. The van der Waals surface area contributed by atoms with Crippen LogP contribution < -0.4 is 0 Å². The molecule has 1 N–H and O–H groups in total.